The van der Waals surface area contributed by atoms with Crippen LogP contribution in [0.25, 0.3) is 0 Å². The molecule has 1 aromatic carbocycles. The van der Waals surface area contributed by atoms with Crippen molar-refractivity contribution < 1.29 is 14.7 Å². The summed E-state index contributed by atoms with van der Waals surface area (Å²) in [7, 11) is 0. The summed E-state index contributed by atoms with van der Waals surface area (Å²) >= 11 is 0. The van der Waals surface area contributed by atoms with Crippen LogP contribution >= 0.6 is 0 Å². The van der Waals surface area contributed by atoms with Gasteiger partial charge in [-0.1, -0.05) is 35.5 Å². The molecule has 4 nitrogen and oxygen atoms in total. The fourth-order valence-corrected chi connectivity index (χ4v) is 1.03. The quantitative estimate of drug-likeness (QED) is 0.608. The predicted octanol–water partition coefficient (Wildman–Crippen LogP) is 2.22. The van der Waals surface area contributed by atoms with E-state index in [0.717, 1.165) is 0 Å². The van der Waals surface area contributed by atoms with Crippen molar-refractivity contribution >= 4 is 11.7 Å². The van der Waals surface area contributed by atoms with Crippen LogP contribution in [0.15, 0.2) is 35.5 Å². The van der Waals surface area contributed by atoms with Crippen LogP contribution < -0.4 is 0 Å². The maximum Gasteiger partial charge on any atom is 0.352 e. The summed E-state index contributed by atoms with van der Waals surface area (Å²) in [5.41, 5.74) is 1.26. The Balaban J connectivity index is 2.85. The molecule has 1 N–H and O–H groups in total. The molecule has 0 heterocycles. The van der Waals surface area contributed by atoms with E-state index >= 15 is 0 Å². The van der Waals surface area contributed by atoms with Gasteiger partial charge in [-0.2, -0.15) is 0 Å². The van der Waals surface area contributed by atoms with Gasteiger partial charge in [0.25, 0.3) is 0 Å². The summed E-state index contributed by atoms with van der Waals surface area (Å²) < 4.78 is 0. The van der Waals surface area contributed by atoms with Gasteiger partial charge in [-0.05, 0) is 13.8 Å². The number of carbonyl (C=O) groups is 1. The number of benzene rings is 1. The lowest BCUT2D eigenvalue weighted by Gasteiger charge is -2.10. The molecule has 0 aliphatic rings. The topological polar surface area (TPSA) is 58.9 Å². The maximum absolute atomic E-state index is 10.9. The second-order valence-corrected chi connectivity index (χ2v) is 3.27. The van der Waals surface area contributed by atoms with Crippen LogP contribution in [-0.2, 0) is 9.63 Å². The minimum Gasteiger partial charge on any atom is -0.478 e. The van der Waals surface area contributed by atoms with E-state index in [0.29, 0.717) is 11.3 Å². The van der Waals surface area contributed by atoms with Gasteiger partial charge < -0.3 is 9.94 Å². The monoisotopic (exact) mass is 207 g/mol. The minimum atomic E-state index is -1.05. The zero-order chi connectivity index (χ0) is 11.3. The Morgan fingerprint density at radius 3 is 2.40 bits per heavy atom. The molecular formula is C11H13NO3. The van der Waals surface area contributed by atoms with Crippen LogP contribution in [0.2, 0.25) is 0 Å². The number of nitrogens with zero attached hydrogens (tertiary/aromatic N) is 1. The molecule has 0 aliphatic carbocycles. The first-order chi connectivity index (χ1) is 7.11. The van der Waals surface area contributed by atoms with Crippen molar-refractivity contribution in [2.24, 2.45) is 5.16 Å². The second-order valence-electron chi connectivity index (χ2n) is 3.27. The average molecular weight is 207 g/mol. The largest absolute Gasteiger partial charge is 0.478 e. The van der Waals surface area contributed by atoms with Crippen molar-refractivity contribution in [2.75, 3.05) is 0 Å². The Labute approximate surface area is 88.2 Å². The number of aliphatic carboxylic acids is 1. The highest BCUT2D eigenvalue weighted by Crippen LogP contribution is 2.17. The molecular weight excluding hydrogens is 194 g/mol. The molecule has 0 amide bonds. The molecule has 0 aliphatic heterocycles. The fraction of sp³-hybridized carbons (Fsp3) is 0.273. The SMILES string of the molecule is CC(C)=NOC(C(=O)O)c1ccccc1. The Bertz CT molecular complexity index is 355. The van der Waals surface area contributed by atoms with Crippen LogP contribution in [-0.4, -0.2) is 16.8 Å². The maximum atomic E-state index is 10.9. The fourth-order valence-electron chi connectivity index (χ4n) is 1.03. The molecule has 4 heteroatoms. The molecule has 1 aromatic rings. The molecule has 0 aromatic heterocycles. The Kier molecular flexibility index (Phi) is 3.85. The third-order valence-electron chi connectivity index (χ3n) is 1.67. The van der Waals surface area contributed by atoms with Crippen molar-refractivity contribution in [3.05, 3.63) is 35.9 Å². The highest BCUT2D eigenvalue weighted by molar-refractivity contribution is 5.79. The van der Waals surface area contributed by atoms with Gasteiger partial charge in [-0.15, -0.1) is 0 Å². The van der Waals surface area contributed by atoms with Crippen molar-refractivity contribution in [3.8, 4) is 0 Å². The van der Waals surface area contributed by atoms with Gasteiger partial charge in [0.15, 0.2) is 0 Å². The molecule has 0 saturated heterocycles. The summed E-state index contributed by atoms with van der Waals surface area (Å²) in [6.45, 7) is 3.48. The van der Waals surface area contributed by atoms with E-state index in [-0.39, 0.29) is 0 Å². The molecule has 1 unspecified atom stereocenters. The van der Waals surface area contributed by atoms with E-state index < -0.39 is 12.1 Å². The lowest BCUT2D eigenvalue weighted by molar-refractivity contribution is -0.150. The lowest BCUT2D eigenvalue weighted by atomic mass is 10.1. The molecule has 0 saturated carbocycles. The van der Waals surface area contributed by atoms with Gasteiger partial charge in [-0.3, -0.25) is 0 Å². The molecule has 0 radical (unpaired) electrons. The van der Waals surface area contributed by atoms with Crippen molar-refractivity contribution in [3.63, 3.8) is 0 Å². The third kappa shape index (κ3) is 3.42. The summed E-state index contributed by atoms with van der Waals surface area (Å²) in [5.74, 6) is -1.05. The molecule has 1 atom stereocenters. The van der Waals surface area contributed by atoms with Crippen LogP contribution in [0.1, 0.15) is 25.5 Å². The predicted molar refractivity (Wildman–Crippen MR) is 56.7 cm³/mol. The van der Waals surface area contributed by atoms with Crippen molar-refractivity contribution in [1.29, 1.82) is 0 Å². The Morgan fingerprint density at radius 2 is 1.93 bits per heavy atom. The Hall–Kier alpha value is -1.84. The third-order valence-corrected chi connectivity index (χ3v) is 1.67. The molecule has 0 spiro atoms. The standard InChI is InChI=1S/C11H13NO3/c1-8(2)12-15-10(11(13)14)9-6-4-3-5-7-9/h3-7,10H,1-2H3,(H,13,14). The molecule has 15 heavy (non-hydrogen) atoms. The number of carboxylic acids is 1. The van der Waals surface area contributed by atoms with Gasteiger partial charge in [-0.25, -0.2) is 4.79 Å². The van der Waals surface area contributed by atoms with Gasteiger partial charge in [0.05, 0.1) is 5.71 Å². The Morgan fingerprint density at radius 1 is 1.33 bits per heavy atom. The lowest BCUT2D eigenvalue weighted by Crippen LogP contribution is -2.13. The summed E-state index contributed by atoms with van der Waals surface area (Å²) in [4.78, 5) is 15.9. The summed E-state index contributed by atoms with van der Waals surface area (Å²) in [6.07, 6.45) is -1.04. The van der Waals surface area contributed by atoms with Crippen molar-refractivity contribution in [2.45, 2.75) is 20.0 Å². The van der Waals surface area contributed by atoms with E-state index in [9.17, 15) is 4.79 Å². The van der Waals surface area contributed by atoms with Crippen LogP contribution in [0.5, 0.6) is 0 Å². The zero-order valence-electron chi connectivity index (χ0n) is 8.68. The first-order valence-electron chi connectivity index (χ1n) is 4.56. The normalized spacial score (nSPS) is 11.6. The average Bonchev–Trinajstić information content (AvgIpc) is 2.18. The number of carboxylic acid groups (broad SMARTS) is 1. The first kappa shape index (κ1) is 11.2. The number of hydrogen-bond donors (Lipinski definition) is 1. The zero-order valence-corrected chi connectivity index (χ0v) is 8.68. The molecule has 0 bridgehead atoms. The van der Waals surface area contributed by atoms with Crippen molar-refractivity contribution in [1.82, 2.24) is 0 Å². The summed E-state index contributed by atoms with van der Waals surface area (Å²) in [5, 5.41) is 12.6. The van der Waals surface area contributed by atoms with E-state index in [1.165, 1.54) is 0 Å². The first-order valence-corrected chi connectivity index (χ1v) is 4.56. The van der Waals surface area contributed by atoms with Gasteiger partial charge in [0.2, 0.25) is 6.10 Å². The van der Waals surface area contributed by atoms with E-state index in [4.69, 9.17) is 9.94 Å². The van der Waals surface area contributed by atoms with Gasteiger partial charge >= 0.3 is 5.97 Å². The van der Waals surface area contributed by atoms with E-state index in [1.54, 1.807) is 38.1 Å². The van der Waals surface area contributed by atoms with E-state index in [1.807, 2.05) is 6.07 Å². The highest BCUT2D eigenvalue weighted by Gasteiger charge is 2.21. The number of oxime groups is 1. The van der Waals surface area contributed by atoms with Gasteiger partial charge in [0.1, 0.15) is 0 Å². The van der Waals surface area contributed by atoms with Crippen LogP contribution in [0, 0.1) is 0 Å². The minimum absolute atomic E-state index is 0.579. The van der Waals surface area contributed by atoms with Crippen LogP contribution in [0.4, 0.5) is 0 Å². The molecule has 1 rings (SSSR count). The highest BCUT2D eigenvalue weighted by atomic mass is 16.6. The second kappa shape index (κ2) is 5.14. The van der Waals surface area contributed by atoms with Gasteiger partial charge in [0, 0.05) is 5.56 Å². The smallest absolute Gasteiger partial charge is 0.352 e. The molecule has 0 fully saturated rings. The summed E-state index contributed by atoms with van der Waals surface area (Å²) in [6, 6.07) is 8.73. The number of rotatable bonds is 4. The van der Waals surface area contributed by atoms with Crippen LogP contribution in [0.3, 0.4) is 0 Å². The molecule has 80 valence electrons. The van der Waals surface area contributed by atoms with E-state index in [2.05, 4.69) is 5.16 Å². The number of hydrogen-bond acceptors (Lipinski definition) is 3.